The molecular formula is C17H24N2O2. The molecule has 0 saturated carbocycles. The Bertz CT molecular complexity index is 598. The van der Waals surface area contributed by atoms with Gasteiger partial charge in [0.2, 0.25) is 5.91 Å². The van der Waals surface area contributed by atoms with Crippen molar-refractivity contribution in [2.75, 3.05) is 5.32 Å². The first-order valence-electron chi connectivity index (χ1n) is 7.65. The fraction of sp³-hybridized carbons (Fsp3) is 0.471. The van der Waals surface area contributed by atoms with Crippen LogP contribution in [0.1, 0.15) is 46.0 Å². The predicted molar refractivity (Wildman–Crippen MR) is 86.3 cm³/mol. The molecule has 0 aliphatic rings. The van der Waals surface area contributed by atoms with Crippen molar-refractivity contribution in [3.63, 3.8) is 0 Å². The van der Waals surface area contributed by atoms with E-state index >= 15 is 0 Å². The average molecular weight is 288 g/mol. The number of benzene rings is 1. The number of rotatable bonds is 7. The van der Waals surface area contributed by atoms with Crippen molar-refractivity contribution >= 4 is 22.5 Å². The van der Waals surface area contributed by atoms with E-state index < -0.39 is 5.60 Å². The van der Waals surface area contributed by atoms with Gasteiger partial charge in [-0.15, -0.1) is 0 Å². The average Bonchev–Trinajstić information content (AvgIpc) is 2.86. The van der Waals surface area contributed by atoms with Crippen LogP contribution in [0.25, 0.3) is 10.9 Å². The smallest absolute Gasteiger partial charge is 0.227 e. The van der Waals surface area contributed by atoms with Gasteiger partial charge in [0, 0.05) is 22.8 Å². The van der Waals surface area contributed by atoms with E-state index in [1.807, 2.05) is 44.3 Å². The van der Waals surface area contributed by atoms with E-state index in [1.54, 1.807) is 0 Å². The van der Waals surface area contributed by atoms with Crippen LogP contribution >= 0.6 is 0 Å². The Morgan fingerprint density at radius 3 is 2.62 bits per heavy atom. The summed E-state index contributed by atoms with van der Waals surface area (Å²) in [6.07, 6.45) is 5.09. The lowest BCUT2D eigenvalue weighted by molar-refractivity contribution is -0.121. The molecule has 3 N–H and O–H groups in total. The summed E-state index contributed by atoms with van der Waals surface area (Å²) in [5.41, 5.74) is 0.926. The number of nitrogens with one attached hydrogen (secondary N) is 2. The highest BCUT2D eigenvalue weighted by molar-refractivity contribution is 5.94. The summed E-state index contributed by atoms with van der Waals surface area (Å²) in [6.45, 7) is 4.05. The minimum atomic E-state index is -0.883. The maximum Gasteiger partial charge on any atom is 0.227 e. The number of aromatic amines is 1. The van der Waals surface area contributed by atoms with Crippen LogP contribution in [0.3, 0.4) is 0 Å². The van der Waals surface area contributed by atoms with Gasteiger partial charge in [0.25, 0.3) is 0 Å². The molecular weight excluding hydrogens is 264 g/mol. The van der Waals surface area contributed by atoms with Crippen LogP contribution in [0.4, 0.5) is 5.69 Å². The Labute approximate surface area is 125 Å². The van der Waals surface area contributed by atoms with Gasteiger partial charge in [-0.25, -0.2) is 0 Å². The second kappa shape index (κ2) is 6.76. The van der Waals surface area contributed by atoms with Crippen molar-refractivity contribution in [2.45, 2.75) is 51.6 Å². The molecule has 1 amide bonds. The van der Waals surface area contributed by atoms with Crippen molar-refractivity contribution in [2.24, 2.45) is 0 Å². The number of aliphatic hydroxyl groups is 1. The summed E-state index contributed by atoms with van der Waals surface area (Å²) in [5, 5.41) is 14.5. The molecule has 4 heteroatoms. The van der Waals surface area contributed by atoms with Crippen LogP contribution in [0.2, 0.25) is 0 Å². The molecule has 21 heavy (non-hydrogen) atoms. The molecule has 0 radical (unpaired) electrons. The number of anilines is 1. The summed E-state index contributed by atoms with van der Waals surface area (Å²) >= 11 is 0. The van der Waals surface area contributed by atoms with Gasteiger partial charge in [-0.3, -0.25) is 4.79 Å². The van der Waals surface area contributed by atoms with Crippen LogP contribution in [-0.2, 0) is 4.79 Å². The number of carbonyl (C=O) groups excluding carboxylic acids is 1. The lowest BCUT2D eigenvalue weighted by Crippen LogP contribution is -2.33. The van der Waals surface area contributed by atoms with Gasteiger partial charge in [-0.1, -0.05) is 26.7 Å². The third-order valence-corrected chi connectivity index (χ3v) is 3.76. The van der Waals surface area contributed by atoms with Crippen molar-refractivity contribution < 1.29 is 9.90 Å². The van der Waals surface area contributed by atoms with E-state index in [-0.39, 0.29) is 12.3 Å². The highest BCUT2D eigenvalue weighted by Gasteiger charge is 2.28. The molecule has 1 aromatic carbocycles. The van der Waals surface area contributed by atoms with Crippen LogP contribution in [0.5, 0.6) is 0 Å². The number of H-pyrrole nitrogens is 1. The van der Waals surface area contributed by atoms with Gasteiger partial charge in [0.15, 0.2) is 0 Å². The molecule has 0 fully saturated rings. The van der Waals surface area contributed by atoms with E-state index in [0.29, 0.717) is 12.8 Å². The Balaban J connectivity index is 2.02. The van der Waals surface area contributed by atoms with E-state index in [0.717, 1.165) is 29.4 Å². The fourth-order valence-electron chi connectivity index (χ4n) is 2.87. The normalized spacial score (nSPS) is 11.8. The van der Waals surface area contributed by atoms with Gasteiger partial charge in [0.1, 0.15) is 0 Å². The quantitative estimate of drug-likeness (QED) is 0.725. The van der Waals surface area contributed by atoms with E-state index in [2.05, 4.69) is 10.3 Å². The highest BCUT2D eigenvalue weighted by Crippen LogP contribution is 2.25. The second-order valence-electron chi connectivity index (χ2n) is 5.73. The standard InChI is InChI=1S/C17H24N2O2/c1-3-8-17(21,9-4-2)12-16(20)19-14-5-6-15-13(11-14)7-10-18-15/h5-7,10-11,18,21H,3-4,8-9,12H2,1-2H3,(H,19,20). The summed E-state index contributed by atoms with van der Waals surface area (Å²) in [5.74, 6) is -0.130. The molecule has 1 heterocycles. The zero-order valence-corrected chi connectivity index (χ0v) is 12.8. The maximum absolute atomic E-state index is 12.2. The molecule has 2 rings (SSSR count). The van der Waals surface area contributed by atoms with Gasteiger partial charge >= 0.3 is 0 Å². The predicted octanol–water partition coefficient (Wildman–Crippen LogP) is 3.83. The van der Waals surface area contributed by atoms with Crippen LogP contribution < -0.4 is 5.32 Å². The minimum Gasteiger partial charge on any atom is -0.389 e. The Morgan fingerprint density at radius 2 is 1.95 bits per heavy atom. The number of carbonyl (C=O) groups is 1. The monoisotopic (exact) mass is 288 g/mol. The summed E-state index contributed by atoms with van der Waals surface area (Å²) < 4.78 is 0. The third-order valence-electron chi connectivity index (χ3n) is 3.76. The lowest BCUT2D eigenvalue weighted by Gasteiger charge is -2.26. The Kier molecular flexibility index (Phi) is 5.02. The molecule has 2 aromatic rings. The topological polar surface area (TPSA) is 65.1 Å². The fourth-order valence-corrected chi connectivity index (χ4v) is 2.87. The zero-order chi connectivity index (χ0) is 15.3. The number of amides is 1. The summed E-state index contributed by atoms with van der Waals surface area (Å²) in [4.78, 5) is 15.3. The SMILES string of the molecule is CCCC(O)(CCC)CC(=O)Nc1ccc2[nH]ccc2c1. The Morgan fingerprint density at radius 1 is 1.24 bits per heavy atom. The molecule has 0 spiro atoms. The van der Waals surface area contributed by atoms with Gasteiger partial charge < -0.3 is 15.4 Å². The second-order valence-corrected chi connectivity index (χ2v) is 5.73. The van der Waals surface area contributed by atoms with Gasteiger partial charge in [-0.05, 0) is 37.1 Å². The first-order valence-corrected chi connectivity index (χ1v) is 7.65. The van der Waals surface area contributed by atoms with Crippen LogP contribution in [0.15, 0.2) is 30.5 Å². The third kappa shape index (κ3) is 4.08. The molecule has 0 aliphatic carbocycles. The maximum atomic E-state index is 12.2. The molecule has 0 unspecified atom stereocenters. The molecule has 114 valence electrons. The van der Waals surface area contributed by atoms with Crippen molar-refractivity contribution in [1.29, 1.82) is 0 Å². The van der Waals surface area contributed by atoms with Gasteiger partial charge in [-0.2, -0.15) is 0 Å². The van der Waals surface area contributed by atoms with E-state index in [9.17, 15) is 9.90 Å². The first-order chi connectivity index (χ1) is 10.1. The minimum absolute atomic E-state index is 0.130. The van der Waals surface area contributed by atoms with E-state index in [4.69, 9.17) is 0 Å². The number of hydrogen-bond donors (Lipinski definition) is 3. The molecule has 1 aromatic heterocycles. The van der Waals surface area contributed by atoms with Crippen molar-refractivity contribution in [1.82, 2.24) is 4.98 Å². The number of hydrogen-bond acceptors (Lipinski definition) is 2. The molecule has 4 nitrogen and oxygen atoms in total. The van der Waals surface area contributed by atoms with Crippen molar-refractivity contribution in [3.8, 4) is 0 Å². The number of fused-ring (bicyclic) bond motifs is 1. The lowest BCUT2D eigenvalue weighted by atomic mass is 9.89. The molecule has 0 atom stereocenters. The van der Waals surface area contributed by atoms with Crippen molar-refractivity contribution in [3.05, 3.63) is 30.5 Å². The summed E-state index contributed by atoms with van der Waals surface area (Å²) in [7, 11) is 0. The van der Waals surface area contributed by atoms with Crippen LogP contribution in [-0.4, -0.2) is 21.6 Å². The zero-order valence-electron chi connectivity index (χ0n) is 12.8. The largest absolute Gasteiger partial charge is 0.389 e. The Hall–Kier alpha value is -1.81. The highest BCUT2D eigenvalue weighted by atomic mass is 16.3. The summed E-state index contributed by atoms with van der Waals surface area (Å²) in [6, 6.07) is 7.71. The molecule has 0 saturated heterocycles. The molecule has 0 aliphatic heterocycles. The number of aromatic nitrogens is 1. The van der Waals surface area contributed by atoms with E-state index in [1.165, 1.54) is 0 Å². The van der Waals surface area contributed by atoms with Crippen LogP contribution in [0, 0.1) is 0 Å². The first kappa shape index (κ1) is 15.6. The van der Waals surface area contributed by atoms with Gasteiger partial charge in [0.05, 0.1) is 12.0 Å². The molecule has 0 bridgehead atoms.